The fourth-order valence-corrected chi connectivity index (χ4v) is 3.01. The normalized spacial score (nSPS) is 10.4. The van der Waals surface area contributed by atoms with Gasteiger partial charge in [-0.3, -0.25) is 14.2 Å². The van der Waals surface area contributed by atoms with Gasteiger partial charge in [0.25, 0.3) is 0 Å². The first-order valence-corrected chi connectivity index (χ1v) is 9.13. The first kappa shape index (κ1) is 18.5. The number of thioether (sulfide) groups is 1. The number of benzene rings is 1. The Morgan fingerprint density at radius 1 is 1.33 bits per heavy atom. The third-order valence-corrected chi connectivity index (χ3v) is 4.65. The molecule has 8 heteroatoms. The SMILES string of the molecule is COC(=O)CCCNC(=O)CSc1nccn1-c1ccc(Br)cc1. The summed E-state index contributed by atoms with van der Waals surface area (Å²) in [6, 6.07) is 7.86. The smallest absolute Gasteiger partial charge is 0.305 e. The summed E-state index contributed by atoms with van der Waals surface area (Å²) in [6.07, 6.45) is 4.44. The van der Waals surface area contributed by atoms with Gasteiger partial charge in [-0.2, -0.15) is 0 Å². The molecule has 0 radical (unpaired) electrons. The van der Waals surface area contributed by atoms with Crippen molar-refractivity contribution in [3.63, 3.8) is 0 Å². The highest BCUT2D eigenvalue weighted by Crippen LogP contribution is 2.21. The molecule has 0 fully saturated rings. The van der Waals surface area contributed by atoms with Crippen molar-refractivity contribution in [3.05, 3.63) is 41.1 Å². The monoisotopic (exact) mass is 411 g/mol. The number of carbonyl (C=O) groups is 2. The topological polar surface area (TPSA) is 73.2 Å². The van der Waals surface area contributed by atoms with Gasteiger partial charge in [0.15, 0.2) is 5.16 Å². The van der Waals surface area contributed by atoms with Crippen molar-refractivity contribution in [1.29, 1.82) is 0 Å². The van der Waals surface area contributed by atoms with Crippen LogP contribution in [0.4, 0.5) is 0 Å². The van der Waals surface area contributed by atoms with Gasteiger partial charge in [0, 0.05) is 35.5 Å². The van der Waals surface area contributed by atoms with E-state index in [9.17, 15) is 9.59 Å². The molecular formula is C16H18BrN3O3S. The Hall–Kier alpha value is -1.80. The van der Waals surface area contributed by atoms with E-state index < -0.39 is 0 Å². The molecule has 24 heavy (non-hydrogen) atoms. The van der Waals surface area contributed by atoms with Crippen molar-refractivity contribution in [2.45, 2.75) is 18.0 Å². The molecule has 0 saturated heterocycles. The Balaban J connectivity index is 1.80. The maximum atomic E-state index is 11.9. The highest BCUT2D eigenvalue weighted by molar-refractivity contribution is 9.10. The fourth-order valence-electron chi connectivity index (χ4n) is 1.94. The van der Waals surface area contributed by atoms with Crippen molar-refractivity contribution in [1.82, 2.24) is 14.9 Å². The zero-order valence-electron chi connectivity index (χ0n) is 13.2. The van der Waals surface area contributed by atoms with E-state index in [4.69, 9.17) is 0 Å². The minimum absolute atomic E-state index is 0.0878. The summed E-state index contributed by atoms with van der Waals surface area (Å²) in [4.78, 5) is 27.1. The van der Waals surface area contributed by atoms with Crippen molar-refractivity contribution in [2.24, 2.45) is 0 Å². The standard InChI is InChI=1S/C16H18BrN3O3S/c1-23-15(22)3-2-8-18-14(21)11-24-16-19-9-10-20(16)13-6-4-12(17)5-7-13/h4-7,9-10H,2-3,8,11H2,1H3,(H,18,21). The van der Waals surface area contributed by atoms with Gasteiger partial charge in [-0.25, -0.2) is 4.98 Å². The van der Waals surface area contributed by atoms with Crippen LogP contribution in [0.2, 0.25) is 0 Å². The number of aromatic nitrogens is 2. The highest BCUT2D eigenvalue weighted by Gasteiger charge is 2.09. The number of methoxy groups -OCH3 is 1. The molecule has 1 N–H and O–H groups in total. The maximum Gasteiger partial charge on any atom is 0.305 e. The van der Waals surface area contributed by atoms with E-state index >= 15 is 0 Å². The Labute approximate surface area is 153 Å². The van der Waals surface area contributed by atoms with Crippen molar-refractivity contribution in [3.8, 4) is 5.69 Å². The molecule has 6 nitrogen and oxygen atoms in total. The summed E-state index contributed by atoms with van der Waals surface area (Å²) in [5, 5.41) is 3.53. The van der Waals surface area contributed by atoms with Crippen LogP contribution in [0.1, 0.15) is 12.8 Å². The number of rotatable bonds is 8. The lowest BCUT2D eigenvalue weighted by Gasteiger charge is -2.08. The van der Waals surface area contributed by atoms with E-state index in [1.807, 2.05) is 35.0 Å². The summed E-state index contributed by atoms with van der Waals surface area (Å²) in [6.45, 7) is 0.454. The molecule has 0 unspecified atom stereocenters. The molecule has 0 bridgehead atoms. The van der Waals surface area contributed by atoms with Crippen LogP contribution in [0.15, 0.2) is 46.3 Å². The number of halogens is 1. The van der Waals surface area contributed by atoms with E-state index in [1.165, 1.54) is 18.9 Å². The van der Waals surface area contributed by atoms with Crippen LogP contribution in [-0.4, -0.2) is 40.8 Å². The third kappa shape index (κ3) is 5.68. The summed E-state index contributed by atoms with van der Waals surface area (Å²) < 4.78 is 7.49. The number of carbonyl (C=O) groups excluding carboxylic acids is 2. The van der Waals surface area contributed by atoms with E-state index in [1.54, 1.807) is 6.20 Å². The Bertz CT molecular complexity index is 688. The first-order valence-electron chi connectivity index (χ1n) is 7.35. The highest BCUT2D eigenvalue weighted by atomic mass is 79.9. The number of nitrogens with one attached hydrogen (secondary N) is 1. The van der Waals surface area contributed by atoms with Gasteiger partial charge >= 0.3 is 5.97 Å². The molecule has 128 valence electrons. The van der Waals surface area contributed by atoms with E-state index in [0.29, 0.717) is 19.4 Å². The van der Waals surface area contributed by atoms with Gasteiger partial charge in [-0.1, -0.05) is 27.7 Å². The van der Waals surface area contributed by atoms with Crippen molar-refractivity contribution >= 4 is 39.6 Å². The minimum atomic E-state index is -0.268. The summed E-state index contributed by atoms with van der Waals surface area (Å²) >= 11 is 4.77. The van der Waals surface area contributed by atoms with Gasteiger partial charge < -0.3 is 10.1 Å². The molecule has 0 aliphatic heterocycles. The third-order valence-electron chi connectivity index (χ3n) is 3.15. The minimum Gasteiger partial charge on any atom is -0.469 e. The van der Waals surface area contributed by atoms with Gasteiger partial charge in [0.05, 0.1) is 12.9 Å². The Kier molecular flexibility index (Phi) is 7.33. The lowest BCUT2D eigenvalue weighted by molar-refractivity contribution is -0.140. The molecule has 1 heterocycles. The average molecular weight is 412 g/mol. The summed E-state index contributed by atoms with van der Waals surface area (Å²) in [5.41, 5.74) is 0.983. The Morgan fingerprint density at radius 2 is 2.08 bits per heavy atom. The summed E-state index contributed by atoms with van der Waals surface area (Å²) in [7, 11) is 1.35. The number of ether oxygens (including phenoxy) is 1. The molecule has 0 saturated carbocycles. The number of nitrogens with zero attached hydrogens (tertiary/aromatic N) is 2. The second-order valence-electron chi connectivity index (χ2n) is 4.87. The molecule has 0 atom stereocenters. The molecule has 1 aromatic carbocycles. The zero-order chi connectivity index (χ0) is 17.4. The van der Waals surface area contributed by atoms with Crippen molar-refractivity contribution in [2.75, 3.05) is 19.4 Å². The largest absolute Gasteiger partial charge is 0.469 e. The number of esters is 1. The number of amides is 1. The van der Waals surface area contributed by atoms with Crippen LogP contribution >= 0.6 is 27.7 Å². The number of hydrogen-bond donors (Lipinski definition) is 1. The fraction of sp³-hybridized carbons (Fsp3) is 0.312. The predicted octanol–water partition coefficient (Wildman–Crippen LogP) is 2.80. The predicted molar refractivity (Wildman–Crippen MR) is 96.2 cm³/mol. The lowest BCUT2D eigenvalue weighted by Crippen LogP contribution is -2.26. The first-order chi connectivity index (χ1) is 11.6. The van der Waals surface area contributed by atoms with Crippen LogP contribution in [-0.2, 0) is 14.3 Å². The van der Waals surface area contributed by atoms with Crippen LogP contribution in [0, 0.1) is 0 Å². The van der Waals surface area contributed by atoms with Gasteiger partial charge in [0.1, 0.15) is 0 Å². The second-order valence-corrected chi connectivity index (χ2v) is 6.73. The molecule has 1 amide bonds. The molecule has 2 rings (SSSR count). The van der Waals surface area contributed by atoms with Crippen LogP contribution < -0.4 is 5.32 Å². The molecule has 2 aromatic rings. The molecule has 0 spiro atoms. The van der Waals surface area contributed by atoms with E-state index in [-0.39, 0.29) is 17.6 Å². The van der Waals surface area contributed by atoms with Gasteiger partial charge in [0.2, 0.25) is 5.91 Å². The Morgan fingerprint density at radius 3 is 2.79 bits per heavy atom. The zero-order valence-corrected chi connectivity index (χ0v) is 15.6. The molecular weight excluding hydrogens is 394 g/mol. The average Bonchev–Trinajstić information content (AvgIpc) is 3.05. The second kappa shape index (κ2) is 9.48. The van der Waals surface area contributed by atoms with Crippen LogP contribution in [0.3, 0.4) is 0 Å². The van der Waals surface area contributed by atoms with Gasteiger partial charge in [-0.05, 0) is 30.7 Å². The van der Waals surface area contributed by atoms with E-state index in [0.717, 1.165) is 15.3 Å². The molecule has 0 aliphatic carbocycles. The van der Waals surface area contributed by atoms with E-state index in [2.05, 4.69) is 31.0 Å². The van der Waals surface area contributed by atoms with Crippen molar-refractivity contribution < 1.29 is 14.3 Å². The lowest BCUT2D eigenvalue weighted by atomic mass is 10.3. The quantitative estimate of drug-likeness (QED) is 0.410. The summed E-state index contributed by atoms with van der Waals surface area (Å²) in [5.74, 6) is -0.0865. The van der Waals surface area contributed by atoms with Gasteiger partial charge in [-0.15, -0.1) is 0 Å². The number of hydrogen-bond acceptors (Lipinski definition) is 5. The van der Waals surface area contributed by atoms with Crippen LogP contribution in [0.5, 0.6) is 0 Å². The molecule has 1 aromatic heterocycles. The molecule has 0 aliphatic rings. The number of imidazole rings is 1. The maximum absolute atomic E-state index is 11.9. The van der Waals surface area contributed by atoms with Crippen LogP contribution in [0.25, 0.3) is 5.69 Å².